The van der Waals surface area contributed by atoms with Gasteiger partial charge in [-0.1, -0.05) is 19.1 Å². The first-order valence-corrected chi connectivity index (χ1v) is 7.69. The monoisotopic (exact) mass is 290 g/mol. The average molecular weight is 290 g/mol. The van der Waals surface area contributed by atoms with Gasteiger partial charge in [0, 0.05) is 12.2 Å². The number of β-amino-alcohol motifs (C(OH)–C–C–N with tert-alkyl or cyclic N) is 1. The van der Waals surface area contributed by atoms with Gasteiger partial charge in [-0.2, -0.15) is 0 Å². The predicted molar refractivity (Wildman–Crippen MR) is 85.4 cm³/mol. The van der Waals surface area contributed by atoms with E-state index in [1.54, 1.807) is 0 Å². The normalized spacial score (nSPS) is 24.6. The van der Waals surface area contributed by atoms with Crippen LogP contribution in [0.15, 0.2) is 18.2 Å². The van der Waals surface area contributed by atoms with Crippen molar-refractivity contribution in [3.8, 4) is 0 Å². The van der Waals surface area contributed by atoms with E-state index < -0.39 is 0 Å². The van der Waals surface area contributed by atoms with Crippen molar-refractivity contribution in [2.24, 2.45) is 5.92 Å². The van der Waals surface area contributed by atoms with Crippen LogP contribution in [0.1, 0.15) is 31.4 Å². The van der Waals surface area contributed by atoms with Crippen LogP contribution in [-0.4, -0.2) is 41.1 Å². The molecule has 0 spiro atoms. The first kappa shape index (κ1) is 16.0. The fourth-order valence-corrected chi connectivity index (χ4v) is 2.71. The molecule has 3 unspecified atom stereocenters. The number of aryl methyl sites for hydroxylation is 1. The molecule has 1 heterocycles. The Morgan fingerprint density at radius 1 is 1.43 bits per heavy atom. The van der Waals surface area contributed by atoms with Crippen LogP contribution in [0.25, 0.3) is 0 Å². The molecule has 0 radical (unpaired) electrons. The van der Waals surface area contributed by atoms with Crippen molar-refractivity contribution < 1.29 is 9.90 Å². The average Bonchev–Trinajstić information content (AvgIpc) is 2.46. The molecule has 0 aliphatic carbocycles. The summed E-state index contributed by atoms with van der Waals surface area (Å²) in [5.74, 6) is 0.306. The highest BCUT2D eigenvalue weighted by Crippen LogP contribution is 2.21. The molecule has 2 N–H and O–H groups in total. The van der Waals surface area contributed by atoms with Crippen LogP contribution in [0.2, 0.25) is 0 Å². The van der Waals surface area contributed by atoms with E-state index in [2.05, 4.69) is 17.1 Å². The molecule has 1 amide bonds. The topological polar surface area (TPSA) is 52.6 Å². The van der Waals surface area contributed by atoms with Gasteiger partial charge in [-0.05, 0) is 56.8 Å². The number of nitrogens with zero attached hydrogens (tertiary/aromatic N) is 1. The molecule has 0 bridgehead atoms. The number of aliphatic hydroxyl groups excluding tert-OH is 1. The van der Waals surface area contributed by atoms with Gasteiger partial charge in [0.25, 0.3) is 0 Å². The number of piperidine rings is 1. The number of hydrogen-bond acceptors (Lipinski definition) is 3. The quantitative estimate of drug-likeness (QED) is 0.898. The first-order chi connectivity index (χ1) is 9.90. The number of hydrogen-bond donors (Lipinski definition) is 2. The van der Waals surface area contributed by atoms with Gasteiger partial charge < -0.3 is 10.4 Å². The molecule has 0 saturated carbocycles. The summed E-state index contributed by atoms with van der Waals surface area (Å²) in [5.41, 5.74) is 3.14. The van der Waals surface area contributed by atoms with E-state index in [4.69, 9.17) is 0 Å². The summed E-state index contributed by atoms with van der Waals surface area (Å²) in [4.78, 5) is 14.5. The minimum absolute atomic E-state index is 0.00884. The minimum Gasteiger partial charge on any atom is -0.392 e. The number of anilines is 1. The fourth-order valence-electron chi connectivity index (χ4n) is 2.71. The third-order valence-electron chi connectivity index (χ3n) is 4.74. The van der Waals surface area contributed by atoms with Crippen LogP contribution in [0, 0.1) is 19.8 Å². The van der Waals surface area contributed by atoms with Crippen molar-refractivity contribution in [3.05, 3.63) is 29.3 Å². The largest absolute Gasteiger partial charge is 0.392 e. The van der Waals surface area contributed by atoms with Gasteiger partial charge >= 0.3 is 0 Å². The Bertz CT molecular complexity index is 516. The Hall–Kier alpha value is -1.39. The third-order valence-corrected chi connectivity index (χ3v) is 4.74. The summed E-state index contributed by atoms with van der Waals surface area (Å²) in [6.45, 7) is 9.45. The van der Waals surface area contributed by atoms with Crippen LogP contribution in [0.5, 0.6) is 0 Å². The molecule has 3 atom stereocenters. The SMILES string of the molecule is Cc1cccc(NC(=O)C(C)N2CCC(C)C(O)C2)c1C. The lowest BCUT2D eigenvalue weighted by atomic mass is 9.95. The van der Waals surface area contributed by atoms with E-state index in [-0.39, 0.29) is 18.1 Å². The second kappa shape index (κ2) is 6.58. The minimum atomic E-state index is -0.338. The van der Waals surface area contributed by atoms with Gasteiger partial charge in [-0.15, -0.1) is 0 Å². The Kier molecular flexibility index (Phi) is 5.01. The summed E-state index contributed by atoms with van der Waals surface area (Å²) in [6, 6.07) is 5.69. The van der Waals surface area contributed by atoms with Crippen LogP contribution >= 0.6 is 0 Å². The van der Waals surface area contributed by atoms with Gasteiger partial charge in [0.2, 0.25) is 5.91 Å². The molecule has 1 saturated heterocycles. The summed E-state index contributed by atoms with van der Waals surface area (Å²) in [5, 5.41) is 13.0. The number of carbonyl (C=O) groups is 1. The van der Waals surface area contributed by atoms with E-state index in [0.717, 1.165) is 24.2 Å². The molecular weight excluding hydrogens is 264 g/mol. The van der Waals surface area contributed by atoms with Crippen molar-refractivity contribution >= 4 is 11.6 Å². The lowest BCUT2D eigenvalue weighted by Gasteiger charge is -2.37. The molecule has 4 nitrogen and oxygen atoms in total. The van der Waals surface area contributed by atoms with Crippen molar-refractivity contribution in [1.29, 1.82) is 0 Å². The zero-order valence-electron chi connectivity index (χ0n) is 13.4. The Morgan fingerprint density at radius 2 is 2.14 bits per heavy atom. The van der Waals surface area contributed by atoms with Crippen LogP contribution < -0.4 is 5.32 Å². The number of rotatable bonds is 3. The molecule has 1 aliphatic heterocycles. The van der Waals surface area contributed by atoms with Gasteiger partial charge in [0.1, 0.15) is 0 Å². The molecule has 4 heteroatoms. The number of aliphatic hydroxyl groups is 1. The van der Waals surface area contributed by atoms with Gasteiger partial charge in [-0.25, -0.2) is 0 Å². The van der Waals surface area contributed by atoms with E-state index in [1.165, 1.54) is 5.56 Å². The van der Waals surface area contributed by atoms with Gasteiger partial charge in [-0.3, -0.25) is 9.69 Å². The summed E-state index contributed by atoms with van der Waals surface area (Å²) in [6.07, 6.45) is 0.595. The number of likely N-dealkylation sites (tertiary alicyclic amines) is 1. The highest BCUT2D eigenvalue weighted by molar-refractivity contribution is 5.95. The Morgan fingerprint density at radius 3 is 2.81 bits per heavy atom. The third kappa shape index (κ3) is 3.63. The molecular formula is C17H26N2O2. The predicted octanol–water partition coefficient (Wildman–Crippen LogP) is 2.33. The van der Waals surface area contributed by atoms with Crippen molar-refractivity contribution in [2.75, 3.05) is 18.4 Å². The van der Waals surface area contributed by atoms with Gasteiger partial charge in [0.05, 0.1) is 12.1 Å². The molecule has 2 rings (SSSR count). The Labute approximate surface area is 127 Å². The second-order valence-corrected chi connectivity index (χ2v) is 6.24. The lowest BCUT2D eigenvalue weighted by molar-refractivity contribution is -0.122. The maximum Gasteiger partial charge on any atom is 0.241 e. The molecule has 1 aromatic carbocycles. The van der Waals surface area contributed by atoms with Crippen LogP contribution in [0.3, 0.4) is 0 Å². The highest BCUT2D eigenvalue weighted by Gasteiger charge is 2.30. The van der Waals surface area contributed by atoms with Crippen molar-refractivity contribution in [3.63, 3.8) is 0 Å². The van der Waals surface area contributed by atoms with Crippen LogP contribution in [-0.2, 0) is 4.79 Å². The number of carbonyl (C=O) groups excluding carboxylic acids is 1. The highest BCUT2D eigenvalue weighted by atomic mass is 16.3. The van der Waals surface area contributed by atoms with Gasteiger partial charge in [0.15, 0.2) is 0 Å². The number of benzene rings is 1. The van der Waals surface area contributed by atoms with E-state index >= 15 is 0 Å². The van der Waals surface area contributed by atoms with Crippen molar-refractivity contribution in [1.82, 2.24) is 4.90 Å². The number of amides is 1. The van der Waals surface area contributed by atoms with E-state index in [9.17, 15) is 9.90 Å². The molecule has 116 valence electrons. The fraction of sp³-hybridized carbons (Fsp3) is 0.588. The molecule has 1 fully saturated rings. The van der Waals surface area contributed by atoms with E-state index in [0.29, 0.717) is 12.5 Å². The summed E-state index contributed by atoms with van der Waals surface area (Å²) in [7, 11) is 0. The molecule has 1 aromatic rings. The maximum absolute atomic E-state index is 12.4. The molecule has 21 heavy (non-hydrogen) atoms. The summed E-state index contributed by atoms with van der Waals surface area (Å²) < 4.78 is 0. The van der Waals surface area contributed by atoms with E-state index in [1.807, 2.05) is 39.0 Å². The number of nitrogens with one attached hydrogen (secondary N) is 1. The van der Waals surface area contributed by atoms with Crippen LogP contribution in [0.4, 0.5) is 5.69 Å². The standard InChI is InChI=1S/C17H26N2O2/c1-11-6-5-7-15(13(11)3)18-17(21)14(4)19-9-8-12(2)16(20)10-19/h5-7,12,14,16,20H,8-10H2,1-4H3,(H,18,21). The smallest absolute Gasteiger partial charge is 0.241 e. The molecule has 0 aromatic heterocycles. The Balaban J connectivity index is 2.01. The zero-order chi connectivity index (χ0) is 15.6. The second-order valence-electron chi connectivity index (χ2n) is 6.24. The zero-order valence-corrected chi connectivity index (χ0v) is 13.4. The lowest BCUT2D eigenvalue weighted by Crippen LogP contribution is -2.50. The van der Waals surface area contributed by atoms with Crippen molar-refractivity contribution in [2.45, 2.75) is 46.3 Å². The molecule has 1 aliphatic rings. The first-order valence-electron chi connectivity index (χ1n) is 7.69. The maximum atomic E-state index is 12.4. The summed E-state index contributed by atoms with van der Waals surface area (Å²) >= 11 is 0.